The first-order chi connectivity index (χ1) is 14.4. The van der Waals surface area contributed by atoms with Gasteiger partial charge in [0.05, 0.1) is 5.52 Å². The SMILES string of the molecule is CC(C)(C)c1ccc(CSc2nc3ccsc3c(=O)n2CCc2ccccc2)cc1. The van der Waals surface area contributed by atoms with Crippen LogP contribution in [0.1, 0.15) is 37.5 Å². The molecule has 30 heavy (non-hydrogen) atoms. The molecular weight excluding hydrogens is 408 g/mol. The summed E-state index contributed by atoms with van der Waals surface area (Å²) in [7, 11) is 0. The number of aryl methyl sites for hydroxylation is 1. The standard InChI is InChI=1S/C25H26N2OS2/c1-25(2,3)20-11-9-19(10-12-20)17-30-24-26-21-14-16-29-22(21)23(28)27(24)15-13-18-7-5-4-6-8-18/h4-12,14,16H,13,15,17H2,1-3H3. The second kappa shape index (κ2) is 8.78. The van der Waals surface area contributed by atoms with Crippen LogP contribution >= 0.6 is 23.1 Å². The summed E-state index contributed by atoms with van der Waals surface area (Å²) in [6, 6.07) is 21.0. The van der Waals surface area contributed by atoms with Gasteiger partial charge in [0.25, 0.3) is 5.56 Å². The van der Waals surface area contributed by atoms with E-state index >= 15 is 0 Å². The van der Waals surface area contributed by atoms with Crippen LogP contribution in [0.5, 0.6) is 0 Å². The van der Waals surface area contributed by atoms with Crippen LogP contribution in [0.4, 0.5) is 0 Å². The van der Waals surface area contributed by atoms with Crippen LogP contribution in [-0.2, 0) is 24.1 Å². The van der Waals surface area contributed by atoms with Crippen molar-refractivity contribution in [2.45, 2.75) is 50.1 Å². The Morgan fingerprint density at radius 2 is 1.70 bits per heavy atom. The second-order valence-electron chi connectivity index (χ2n) is 8.46. The van der Waals surface area contributed by atoms with Crippen molar-refractivity contribution in [3.05, 3.63) is 93.1 Å². The van der Waals surface area contributed by atoms with E-state index in [1.54, 1.807) is 11.8 Å². The van der Waals surface area contributed by atoms with E-state index in [0.29, 0.717) is 6.54 Å². The van der Waals surface area contributed by atoms with Gasteiger partial charge in [0, 0.05) is 12.3 Å². The third-order valence-corrected chi connectivity index (χ3v) is 7.12. The van der Waals surface area contributed by atoms with Gasteiger partial charge in [0.1, 0.15) is 4.70 Å². The van der Waals surface area contributed by atoms with Gasteiger partial charge in [0.2, 0.25) is 0 Å². The molecule has 4 rings (SSSR count). The molecule has 0 unspecified atom stereocenters. The summed E-state index contributed by atoms with van der Waals surface area (Å²) in [6.45, 7) is 7.31. The lowest BCUT2D eigenvalue weighted by atomic mass is 9.87. The highest BCUT2D eigenvalue weighted by molar-refractivity contribution is 7.98. The fourth-order valence-electron chi connectivity index (χ4n) is 3.37. The van der Waals surface area contributed by atoms with Gasteiger partial charge < -0.3 is 0 Å². The first kappa shape index (κ1) is 20.9. The Labute approximate surface area is 185 Å². The number of rotatable bonds is 6. The summed E-state index contributed by atoms with van der Waals surface area (Å²) in [4.78, 5) is 17.9. The fraction of sp³-hybridized carbons (Fsp3) is 0.280. The summed E-state index contributed by atoms with van der Waals surface area (Å²) >= 11 is 3.11. The lowest BCUT2D eigenvalue weighted by Crippen LogP contribution is -2.23. The third-order valence-electron chi connectivity index (χ3n) is 5.19. The van der Waals surface area contributed by atoms with Crippen LogP contribution in [0.25, 0.3) is 10.2 Å². The van der Waals surface area contributed by atoms with Crippen molar-refractivity contribution in [1.29, 1.82) is 0 Å². The Balaban J connectivity index is 1.58. The van der Waals surface area contributed by atoms with Crippen molar-refractivity contribution >= 4 is 33.3 Å². The molecule has 0 aliphatic rings. The van der Waals surface area contributed by atoms with Gasteiger partial charge in [-0.25, -0.2) is 4.98 Å². The number of thioether (sulfide) groups is 1. The van der Waals surface area contributed by atoms with Gasteiger partial charge in [-0.15, -0.1) is 11.3 Å². The van der Waals surface area contributed by atoms with Crippen molar-refractivity contribution in [3.8, 4) is 0 Å². The van der Waals surface area contributed by atoms with Crippen LogP contribution in [0.3, 0.4) is 0 Å². The smallest absolute Gasteiger partial charge is 0.272 e. The zero-order valence-corrected chi connectivity index (χ0v) is 19.2. The summed E-state index contributed by atoms with van der Waals surface area (Å²) in [5, 5.41) is 2.74. The molecule has 0 saturated heterocycles. The fourth-order valence-corrected chi connectivity index (χ4v) is 5.12. The number of thiophene rings is 1. The third kappa shape index (κ3) is 4.68. The van der Waals surface area contributed by atoms with E-state index in [1.165, 1.54) is 28.0 Å². The molecule has 3 nitrogen and oxygen atoms in total. The predicted octanol–water partition coefficient (Wildman–Crippen LogP) is 6.29. The lowest BCUT2D eigenvalue weighted by molar-refractivity contribution is 0.590. The maximum atomic E-state index is 13.1. The second-order valence-corrected chi connectivity index (χ2v) is 10.3. The molecule has 0 radical (unpaired) electrons. The van der Waals surface area contributed by atoms with Crippen LogP contribution in [-0.4, -0.2) is 9.55 Å². The molecule has 0 amide bonds. The number of hydrogen-bond acceptors (Lipinski definition) is 4. The minimum atomic E-state index is 0.0662. The Morgan fingerprint density at radius 3 is 2.40 bits per heavy atom. The van der Waals surface area contributed by atoms with Crippen molar-refractivity contribution in [3.63, 3.8) is 0 Å². The maximum absolute atomic E-state index is 13.1. The Morgan fingerprint density at radius 1 is 0.967 bits per heavy atom. The van der Waals surface area contributed by atoms with E-state index in [9.17, 15) is 4.79 Å². The number of hydrogen-bond donors (Lipinski definition) is 0. The maximum Gasteiger partial charge on any atom is 0.272 e. The van der Waals surface area contributed by atoms with Crippen molar-refractivity contribution in [2.75, 3.05) is 0 Å². The van der Waals surface area contributed by atoms with Crippen molar-refractivity contribution < 1.29 is 0 Å². The quantitative estimate of drug-likeness (QED) is 0.264. The zero-order valence-electron chi connectivity index (χ0n) is 17.6. The molecule has 2 aromatic heterocycles. The molecule has 2 aromatic carbocycles. The number of nitrogens with zero attached hydrogens (tertiary/aromatic N) is 2. The van der Waals surface area contributed by atoms with E-state index in [-0.39, 0.29) is 11.0 Å². The molecule has 0 spiro atoms. The van der Waals surface area contributed by atoms with E-state index in [1.807, 2.05) is 34.2 Å². The molecule has 0 aliphatic carbocycles. The Bertz CT molecular complexity index is 1190. The highest BCUT2D eigenvalue weighted by Gasteiger charge is 2.15. The molecule has 4 aromatic rings. The minimum absolute atomic E-state index is 0.0662. The van der Waals surface area contributed by atoms with E-state index in [0.717, 1.165) is 27.5 Å². The lowest BCUT2D eigenvalue weighted by Gasteiger charge is -2.19. The van der Waals surface area contributed by atoms with Gasteiger partial charge in [-0.3, -0.25) is 9.36 Å². The summed E-state index contributed by atoms with van der Waals surface area (Å²) < 4.78 is 2.59. The van der Waals surface area contributed by atoms with Crippen LogP contribution in [0, 0.1) is 0 Å². The number of aromatic nitrogens is 2. The molecular formula is C25H26N2OS2. The number of benzene rings is 2. The van der Waals surface area contributed by atoms with Crippen molar-refractivity contribution in [1.82, 2.24) is 9.55 Å². The molecule has 0 fully saturated rings. The first-order valence-corrected chi connectivity index (χ1v) is 12.0. The summed E-state index contributed by atoms with van der Waals surface area (Å²) in [5.41, 5.74) is 4.80. The average Bonchev–Trinajstić information content (AvgIpc) is 3.21. The monoisotopic (exact) mass is 434 g/mol. The van der Waals surface area contributed by atoms with Gasteiger partial charge in [-0.1, -0.05) is 87.1 Å². The molecule has 5 heteroatoms. The molecule has 154 valence electrons. The normalized spacial score (nSPS) is 11.8. The Hall–Kier alpha value is -2.37. The van der Waals surface area contributed by atoms with Crippen molar-refractivity contribution in [2.24, 2.45) is 0 Å². The zero-order chi connectivity index (χ0) is 21.1. The Kier molecular flexibility index (Phi) is 6.11. The first-order valence-electron chi connectivity index (χ1n) is 10.2. The molecule has 0 N–H and O–H groups in total. The van der Waals surface area contributed by atoms with Crippen LogP contribution in [0.2, 0.25) is 0 Å². The van der Waals surface area contributed by atoms with Gasteiger partial charge >= 0.3 is 0 Å². The highest BCUT2D eigenvalue weighted by atomic mass is 32.2. The van der Waals surface area contributed by atoms with E-state index < -0.39 is 0 Å². The highest BCUT2D eigenvalue weighted by Crippen LogP contribution is 2.26. The topological polar surface area (TPSA) is 34.9 Å². The van der Waals surface area contributed by atoms with Gasteiger partial charge in [-0.2, -0.15) is 0 Å². The molecule has 0 bridgehead atoms. The summed E-state index contributed by atoms with van der Waals surface area (Å²) in [5.74, 6) is 0.790. The largest absolute Gasteiger partial charge is 0.286 e. The van der Waals surface area contributed by atoms with E-state index in [2.05, 4.69) is 57.2 Å². The average molecular weight is 435 g/mol. The van der Waals surface area contributed by atoms with Gasteiger partial charge in [-0.05, 0) is 40.0 Å². The molecule has 0 saturated carbocycles. The number of fused-ring (bicyclic) bond motifs is 1. The molecule has 2 heterocycles. The van der Waals surface area contributed by atoms with Crippen LogP contribution < -0.4 is 5.56 Å². The van der Waals surface area contributed by atoms with Gasteiger partial charge in [0.15, 0.2) is 5.16 Å². The minimum Gasteiger partial charge on any atom is -0.286 e. The predicted molar refractivity (Wildman–Crippen MR) is 129 cm³/mol. The molecule has 0 aliphatic heterocycles. The summed E-state index contributed by atoms with van der Waals surface area (Å²) in [6.07, 6.45) is 0.813. The van der Waals surface area contributed by atoms with Crippen LogP contribution in [0.15, 0.2) is 76.0 Å². The van der Waals surface area contributed by atoms with E-state index in [4.69, 9.17) is 4.98 Å². The molecule has 0 atom stereocenters.